The van der Waals surface area contributed by atoms with E-state index in [9.17, 15) is 18.4 Å². The summed E-state index contributed by atoms with van der Waals surface area (Å²) >= 11 is 0. The van der Waals surface area contributed by atoms with Crippen LogP contribution in [0, 0.1) is 0 Å². The van der Waals surface area contributed by atoms with E-state index in [1.807, 2.05) is 9.80 Å². The van der Waals surface area contributed by atoms with Crippen LogP contribution in [-0.2, 0) is 9.59 Å². The van der Waals surface area contributed by atoms with Gasteiger partial charge in [-0.1, -0.05) is 0 Å². The lowest BCUT2D eigenvalue weighted by Gasteiger charge is -2.34. The third-order valence-electron chi connectivity index (χ3n) is 5.01. The molecule has 0 unspecified atom stereocenters. The van der Waals surface area contributed by atoms with E-state index in [1.54, 1.807) is 0 Å². The molecule has 1 aromatic carbocycles. The predicted octanol–water partition coefficient (Wildman–Crippen LogP) is 1.47. The molecule has 1 N–H and O–H groups in total. The summed E-state index contributed by atoms with van der Waals surface area (Å²) < 4.78 is 28.6. The number of likely N-dealkylation sites (tertiary alicyclic amines) is 1. The van der Waals surface area contributed by atoms with Crippen molar-refractivity contribution in [1.29, 1.82) is 0 Å². The molecular formula is C19H26F2N4O3. The summed E-state index contributed by atoms with van der Waals surface area (Å²) in [5.74, 6) is 0.0830. The number of halogens is 2. The molecule has 7 nitrogen and oxygen atoms in total. The first-order valence-electron chi connectivity index (χ1n) is 9.57. The molecule has 2 amide bonds. The lowest BCUT2D eigenvalue weighted by Crippen LogP contribution is -2.51. The lowest BCUT2D eigenvalue weighted by molar-refractivity contribution is -0.132. The van der Waals surface area contributed by atoms with Crippen LogP contribution in [0.25, 0.3) is 0 Å². The van der Waals surface area contributed by atoms with Crippen LogP contribution in [0.4, 0.5) is 14.5 Å². The van der Waals surface area contributed by atoms with Crippen molar-refractivity contribution in [2.75, 3.05) is 57.7 Å². The summed E-state index contributed by atoms with van der Waals surface area (Å²) in [6, 6.07) is 5.82. The van der Waals surface area contributed by atoms with E-state index in [4.69, 9.17) is 0 Å². The maximum atomic E-state index is 12.2. The number of amides is 2. The van der Waals surface area contributed by atoms with E-state index in [0.29, 0.717) is 12.2 Å². The highest BCUT2D eigenvalue weighted by atomic mass is 19.3. The molecule has 2 aliphatic heterocycles. The van der Waals surface area contributed by atoms with E-state index in [-0.39, 0.29) is 24.1 Å². The molecule has 9 heteroatoms. The number of rotatable bonds is 7. The van der Waals surface area contributed by atoms with E-state index < -0.39 is 6.61 Å². The average Bonchev–Trinajstić information content (AvgIpc) is 3.19. The van der Waals surface area contributed by atoms with Gasteiger partial charge < -0.3 is 15.0 Å². The zero-order chi connectivity index (χ0) is 19.9. The minimum atomic E-state index is -2.87. The lowest BCUT2D eigenvalue weighted by atomic mass is 10.2. The molecule has 0 atom stereocenters. The molecule has 2 heterocycles. The van der Waals surface area contributed by atoms with Crippen molar-refractivity contribution in [3.05, 3.63) is 24.3 Å². The first kappa shape index (κ1) is 20.5. The smallest absolute Gasteiger partial charge is 0.387 e. The Bertz CT molecular complexity index is 658. The summed E-state index contributed by atoms with van der Waals surface area (Å²) in [5.41, 5.74) is 0.529. The molecule has 0 aromatic heterocycles. The Morgan fingerprint density at radius 3 is 2.07 bits per heavy atom. The van der Waals surface area contributed by atoms with Crippen molar-refractivity contribution < 1.29 is 23.1 Å². The third-order valence-corrected chi connectivity index (χ3v) is 5.01. The van der Waals surface area contributed by atoms with Gasteiger partial charge in [0, 0.05) is 45.0 Å². The van der Waals surface area contributed by atoms with Crippen molar-refractivity contribution in [2.45, 2.75) is 19.5 Å². The highest BCUT2D eigenvalue weighted by molar-refractivity contribution is 5.92. The van der Waals surface area contributed by atoms with Gasteiger partial charge in [0.15, 0.2) is 0 Å². The zero-order valence-corrected chi connectivity index (χ0v) is 15.8. The molecule has 2 aliphatic rings. The van der Waals surface area contributed by atoms with Gasteiger partial charge in [-0.15, -0.1) is 0 Å². The Kier molecular flexibility index (Phi) is 7.16. The van der Waals surface area contributed by atoms with Crippen LogP contribution in [0.15, 0.2) is 24.3 Å². The van der Waals surface area contributed by atoms with E-state index in [0.717, 1.165) is 52.1 Å². The topological polar surface area (TPSA) is 65.1 Å². The van der Waals surface area contributed by atoms with Gasteiger partial charge in [-0.25, -0.2) is 0 Å². The van der Waals surface area contributed by atoms with E-state index in [1.165, 1.54) is 24.3 Å². The van der Waals surface area contributed by atoms with Crippen molar-refractivity contribution in [2.24, 2.45) is 0 Å². The van der Waals surface area contributed by atoms with E-state index in [2.05, 4.69) is 15.0 Å². The number of carbonyl (C=O) groups excluding carboxylic acids is 2. The fraction of sp³-hybridized carbons (Fsp3) is 0.579. The van der Waals surface area contributed by atoms with Gasteiger partial charge in [0.05, 0.1) is 13.1 Å². The first-order valence-corrected chi connectivity index (χ1v) is 9.57. The average molecular weight is 396 g/mol. The predicted molar refractivity (Wildman–Crippen MR) is 100 cm³/mol. The number of hydrogen-bond acceptors (Lipinski definition) is 5. The molecule has 154 valence electrons. The molecule has 2 saturated heterocycles. The Morgan fingerprint density at radius 1 is 0.929 bits per heavy atom. The second-order valence-corrected chi connectivity index (χ2v) is 7.09. The first-order chi connectivity index (χ1) is 13.5. The Labute approximate surface area is 163 Å². The molecule has 2 fully saturated rings. The van der Waals surface area contributed by atoms with Gasteiger partial charge in [0.1, 0.15) is 5.75 Å². The molecule has 0 saturated carbocycles. The van der Waals surface area contributed by atoms with Crippen LogP contribution < -0.4 is 10.1 Å². The second-order valence-electron chi connectivity index (χ2n) is 7.09. The number of nitrogens with one attached hydrogen (secondary N) is 1. The standard InChI is InChI=1S/C19H26F2N4O3/c20-19(21)28-16-5-3-15(4-6-16)22-17(26)13-23-9-11-24(12-10-23)14-18(27)25-7-1-2-8-25/h3-6,19H,1-2,7-14H2,(H,22,26). The molecular weight excluding hydrogens is 370 g/mol. The number of carbonyl (C=O) groups is 2. The number of nitrogens with zero attached hydrogens (tertiary/aromatic N) is 3. The van der Waals surface area contributed by atoms with Gasteiger partial charge >= 0.3 is 6.61 Å². The summed E-state index contributed by atoms with van der Waals surface area (Å²) in [6.45, 7) is 2.53. The molecule has 1 aromatic rings. The molecule has 28 heavy (non-hydrogen) atoms. The Morgan fingerprint density at radius 2 is 1.50 bits per heavy atom. The number of benzene rings is 1. The summed E-state index contributed by atoms with van der Waals surface area (Å²) in [5, 5.41) is 2.75. The van der Waals surface area contributed by atoms with Gasteiger partial charge in [-0.3, -0.25) is 19.4 Å². The van der Waals surface area contributed by atoms with Crippen molar-refractivity contribution in [1.82, 2.24) is 14.7 Å². The van der Waals surface area contributed by atoms with E-state index >= 15 is 0 Å². The SMILES string of the molecule is O=C(CN1CCN(CC(=O)N2CCCC2)CC1)Nc1ccc(OC(F)F)cc1. The monoisotopic (exact) mass is 396 g/mol. The Balaban J connectivity index is 1.37. The minimum Gasteiger partial charge on any atom is -0.435 e. The van der Waals surface area contributed by atoms with Crippen LogP contribution in [0.1, 0.15) is 12.8 Å². The molecule has 0 spiro atoms. The van der Waals surface area contributed by atoms with Crippen LogP contribution in [0.5, 0.6) is 5.75 Å². The van der Waals surface area contributed by atoms with Crippen molar-refractivity contribution in [3.63, 3.8) is 0 Å². The van der Waals surface area contributed by atoms with Gasteiger partial charge in [0.2, 0.25) is 11.8 Å². The number of piperazine rings is 1. The quantitative estimate of drug-likeness (QED) is 0.756. The zero-order valence-electron chi connectivity index (χ0n) is 15.8. The van der Waals surface area contributed by atoms with Crippen LogP contribution in [-0.4, -0.2) is 85.5 Å². The van der Waals surface area contributed by atoms with Gasteiger partial charge in [-0.2, -0.15) is 8.78 Å². The summed E-state index contributed by atoms with van der Waals surface area (Å²) in [4.78, 5) is 30.5. The third kappa shape index (κ3) is 6.13. The Hall–Kier alpha value is -2.26. The number of anilines is 1. The van der Waals surface area contributed by atoms with Gasteiger partial charge in [0.25, 0.3) is 0 Å². The number of hydrogen-bond donors (Lipinski definition) is 1. The molecule has 3 rings (SSSR count). The fourth-order valence-corrected chi connectivity index (χ4v) is 3.49. The highest BCUT2D eigenvalue weighted by Gasteiger charge is 2.24. The number of ether oxygens (including phenoxy) is 1. The van der Waals surface area contributed by atoms with Crippen molar-refractivity contribution >= 4 is 17.5 Å². The minimum absolute atomic E-state index is 0.0487. The molecule has 0 radical (unpaired) electrons. The van der Waals surface area contributed by atoms with Gasteiger partial charge in [-0.05, 0) is 37.1 Å². The molecule has 0 bridgehead atoms. The summed E-state index contributed by atoms with van der Waals surface area (Å²) in [6.07, 6.45) is 2.19. The number of alkyl halides is 2. The maximum Gasteiger partial charge on any atom is 0.387 e. The maximum absolute atomic E-state index is 12.2. The fourth-order valence-electron chi connectivity index (χ4n) is 3.49. The largest absolute Gasteiger partial charge is 0.435 e. The van der Waals surface area contributed by atoms with Crippen LogP contribution >= 0.6 is 0 Å². The van der Waals surface area contributed by atoms with Crippen LogP contribution in [0.2, 0.25) is 0 Å². The van der Waals surface area contributed by atoms with Crippen LogP contribution in [0.3, 0.4) is 0 Å². The van der Waals surface area contributed by atoms with Crippen molar-refractivity contribution in [3.8, 4) is 5.75 Å². The second kappa shape index (κ2) is 9.79. The molecule has 0 aliphatic carbocycles. The normalized spacial score (nSPS) is 18.5. The summed E-state index contributed by atoms with van der Waals surface area (Å²) in [7, 11) is 0. The highest BCUT2D eigenvalue weighted by Crippen LogP contribution is 2.17.